The fourth-order valence-electron chi connectivity index (χ4n) is 1.86. The van der Waals surface area contributed by atoms with E-state index in [0.29, 0.717) is 5.56 Å². The van der Waals surface area contributed by atoms with Crippen LogP contribution >= 0.6 is 0 Å². The number of pyridine rings is 1. The highest BCUT2D eigenvalue weighted by Gasteiger charge is 2.16. The molecule has 0 spiro atoms. The molecule has 2 rings (SSSR count). The van der Waals surface area contributed by atoms with Crippen LogP contribution in [0.25, 0.3) is 11.1 Å². The minimum Gasteiger partial charge on any atom is -0.464 e. The molecule has 0 radical (unpaired) electrons. The van der Waals surface area contributed by atoms with Gasteiger partial charge >= 0.3 is 11.9 Å². The Bertz CT molecular complexity index is 643. The van der Waals surface area contributed by atoms with E-state index < -0.39 is 11.9 Å². The van der Waals surface area contributed by atoms with Crippen LogP contribution in [-0.2, 0) is 9.47 Å². The van der Waals surface area contributed by atoms with E-state index in [1.807, 2.05) is 31.2 Å². The summed E-state index contributed by atoms with van der Waals surface area (Å²) in [6, 6.07) is 10.9. The molecule has 1 aromatic carbocycles. The van der Waals surface area contributed by atoms with Gasteiger partial charge in [-0.2, -0.15) is 0 Å². The number of ether oxygens (including phenoxy) is 2. The highest BCUT2D eigenvalue weighted by molar-refractivity contribution is 5.93. The molecule has 0 unspecified atom stereocenters. The van der Waals surface area contributed by atoms with Gasteiger partial charge in [0.25, 0.3) is 0 Å². The van der Waals surface area contributed by atoms with E-state index >= 15 is 0 Å². The minimum atomic E-state index is -0.603. The van der Waals surface area contributed by atoms with Crippen molar-refractivity contribution in [1.82, 2.24) is 4.98 Å². The van der Waals surface area contributed by atoms with Crippen LogP contribution in [0.4, 0.5) is 0 Å². The van der Waals surface area contributed by atoms with E-state index in [-0.39, 0.29) is 11.4 Å². The maximum absolute atomic E-state index is 11.7. The second-order valence-corrected chi connectivity index (χ2v) is 4.48. The number of nitrogens with zero attached hydrogens (tertiary/aromatic N) is 1. The zero-order valence-electron chi connectivity index (χ0n) is 12.0. The highest BCUT2D eigenvalue weighted by atomic mass is 16.5. The second kappa shape index (κ2) is 6.17. The molecule has 5 nitrogen and oxygen atoms in total. The molecule has 1 heterocycles. The van der Waals surface area contributed by atoms with Gasteiger partial charge in [-0.15, -0.1) is 0 Å². The summed E-state index contributed by atoms with van der Waals surface area (Å²) in [5.41, 5.74) is 2.82. The summed E-state index contributed by atoms with van der Waals surface area (Å²) < 4.78 is 9.32. The first-order valence-electron chi connectivity index (χ1n) is 6.31. The first-order chi connectivity index (χ1) is 10.0. The van der Waals surface area contributed by atoms with Crippen molar-refractivity contribution in [3.05, 3.63) is 53.3 Å². The number of aryl methyl sites for hydroxylation is 1. The van der Waals surface area contributed by atoms with Crippen molar-refractivity contribution in [2.75, 3.05) is 14.2 Å². The first-order valence-corrected chi connectivity index (χ1v) is 6.31. The molecule has 0 atom stereocenters. The zero-order chi connectivity index (χ0) is 15.4. The van der Waals surface area contributed by atoms with Gasteiger partial charge in [0.1, 0.15) is 11.4 Å². The van der Waals surface area contributed by atoms with Gasteiger partial charge < -0.3 is 9.47 Å². The minimum absolute atomic E-state index is 0.0657. The summed E-state index contributed by atoms with van der Waals surface area (Å²) in [5.74, 6) is -1.21. The predicted molar refractivity (Wildman–Crippen MR) is 77.1 cm³/mol. The molecule has 0 saturated carbocycles. The Hall–Kier alpha value is -2.69. The third-order valence-electron chi connectivity index (χ3n) is 3.00. The van der Waals surface area contributed by atoms with E-state index in [0.717, 1.165) is 11.1 Å². The fraction of sp³-hybridized carbons (Fsp3) is 0.188. The Balaban J connectivity index is 2.56. The first kappa shape index (κ1) is 14.7. The van der Waals surface area contributed by atoms with E-state index in [2.05, 4.69) is 14.5 Å². The summed E-state index contributed by atoms with van der Waals surface area (Å²) in [6.07, 6.45) is 0. The standard InChI is InChI=1S/C16H15NO4/c1-10-4-6-11(7-5-10)12-8-13(15(18)20-2)17-14(9-12)16(19)21-3/h4-9H,1-3H3. The Morgan fingerprint density at radius 3 is 1.76 bits per heavy atom. The van der Waals surface area contributed by atoms with Crippen LogP contribution in [0.1, 0.15) is 26.5 Å². The molecule has 21 heavy (non-hydrogen) atoms. The third-order valence-corrected chi connectivity index (χ3v) is 3.00. The quantitative estimate of drug-likeness (QED) is 0.811. The molecule has 108 valence electrons. The molecule has 0 saturated heterocycles. The Morgan fingerprint density at radius 1 is 0.857 bits per heavy atom. The third kappa shape index (κ3) is 3.25. The average Bonchev–Trinajstić information content (AvgIpc) is 2.53. The zero-order valence-corrected chi connectivity index (χ0v) is 12.0. The van der Waals surface area contributed by atoms with Gasteiger partial charge in [-0.05, 0) is 30.2 Å². The lowest BCUT2D eigenvalue weighted by molar-refractivity contribution is 0.0586. The van der Waals surface area contributed by atoms with Gasteiger partial charge in [-0.25, -0.2) is 14.6 Å². The number of hydrogen-bond acceptors (Lipinski definition) is 5. The number of hydrogen-bond donors (Lipinski definition) is 0. The molecule has 1 aromatic heterocycles. The van der Waals surface area contributed by atoms with Crippen LogP contribution in [0.5, 0.6) is 0 Å². The topological polar surface area (TPSA) is 65.5 Å². The summed E-state index contributed by atoms with van der Waals surface area (Å²) >= 11 is 0. The van der Waals surface area contributed by atoms with Crippen molar-refractivity contribution in [2.24, 2.45) is 0 Å². The van der Waals surface area contributed by atoms with E-state index in [1.165, 1.54) is 14.2 Å². The number of carbonyl (C=O) groups is 2. The number of benzene rings is 1. The lowest BCUT2D eigenvalue weighted by Crippen LogP contribution is -2.11. The molecule has 5 heteroatoms. The molecule has 0 aliphatic heterocycles. The van der Waals surface area contributed by atoms with Gasteiger partial charge in [-0.1, -0.05) is 29.8 Å². The molecule has 0 fully saturated rings. The van der Waals surface area contributed by atoms with Crippen molar-refractivity contribution in [2.45, 2.75) is 6.92 Å². The van der Waals surface area contributed by atoms with E-state index in [9.17, 15) is 9.59 Å². The molecule has 0 bridgehead atoms. The number of methoxy groups -OCH3 is 2. The van der Waals surface area contributed by atoms with Crippen LogP contribution in [-0.4, -0.2) is 31.1 Å². The normalized spacial score (nSPS) is 10.0. The molecule has 2 aromatic rings. The summed E-state index contributed by atoms with van der Waals surface area (Å²) in [4.78, 5) is 27.3. The summed E-state index contributed by atoms with van der Waals surface area (Å²) in [7, 11) is 2.53. The van der Waals surface area contributed by atoms with Crippen LogP contribution in [0.3, 0.4) is 0 Å². The van der Waals surface area contributed by atoms with Gasteiger partial charge in [-0.3, -0.25) is 0 Å². The van der Waals surface area contributed by atoms with Crippen molar-refractivity contribution in [3.63, 3.8) is 0 Å². The molecular weight excluding hydrogens is 270 g/mol. The van der Waals surface area contributed by atoms with Crippen LogP contribution < -0.4 is 0 Å². The highest BCUT2D eigenvalue weighted by Crippen LogP contribution is 2.22. The average molecular weight is 285 g/mol. The maximum Gasteiger partial charge on any atom is 0.356 e. The number of esters is 2. The molecule has 0 aliphatic rings. The van der Waals surface area contributed by atoms with Crippen molar-refractivity contribution >= 4 is 11.9 Å². The molecule has 0 amide bonds. The molecule has 0 aliphatic carbocycles. The molecule has 0 N–H and O–H groups in total. The molecular formula is C16H15NO4. The van der Waals surface area contributed by atoms with Crippen LogP contribution in [0.2, 0.25) is 0 Å². The smallest absolute Gasteiger partial charge is 0.356 e. The predicted octanol–water partition coefficient (Wildman–Crippen LogP) is 2.63. The van der Waals surface area contributed by atoms with Crippen LogP contribution in [0.15, 0.2) is 36.4 Å². The maximum atomic E-state index is 11.7. The number of aromatic nitrogens is 1. The SMILES string of the molecule is COC(=O)c1cc(-c2ccc(C)cc2)cc(C(=O)OC)n1. The Kier molecular flexibility index (Phi) is 4.33. The Morgan fingerprint density at radius 2 is 1.33 bits per heavy atom. The largest absolute Gasteiger partial charge is 0.464 e. The van der Waals surface area contributed by atoms with Gasteiger partial charge in [0, 0.05) is 0 Å². The summed E-state index contributed by atoms with van der Waals surface area (Å²) in [6.45, 7) is 1.98. The van der Waals surface area contributed by atoms with Crippen LogP contribution in [0, 0.1) is 6.92 Å². The van der Waals surface area contributed by atoms with Crippen molar-refractivity contribution in [1.29, 1.82) is 0 Å². The summed E-state index contributed by atoms with van der Waals surface area (Å²) in [5, 5.41) is 0. The van der Waals surface area contributed by atoms with E-state index in [4.69, 9.17) is 0 Å². The lowest BCUT2D eigenvalue weighted by atomic mass is 10.0. The van der Waals surface area contributed by atoms with Gasteiger partial charge in [0.2, 0.25) is 0 Å². The van der Waals surface area contributed by atoms with Gasteiger partial charge in [0.05, 0.1) is 14.2 Å². The monoisotopic (exact) mass is 285 g/mol. The van der Waals surface area contributed by atoms with Crippen molar-refractivity contribution < 1.29 is 19.1 Å². The van der Waals surface area contributed by atoms with E-state index in [1.54, 1.807) is 12.1 Å². The number of rotatable bonds is 3. The lowest BCUT2D eigenvalue weighted by Gasteiger charge is -2.07. The number of carbonyl (C=O) groups excluding carboxylic acids is 2. The second-order valence-electron chi connectivity index (χ2n) is 4.48. The van der Waals surface area contributed by atoms with Gasteiger partial charge in [0.15, 0.2) is 0 Å². The Labute approximate surface area is 122 Å². The fourth-order valence-corrected chi connectivity index (χ4v) is 1.86. The van der Waals surface area contributed by atoms with Crippen molar-refractivity contribution in [3.8, 4) is 11.1 Å².